The highest BCUT2D eigenvalue weighted by Gasteiger charge is 2.14. The van der Waals surface area contributed by atoms with Crippen molar-refractivity contribution in [3.63, 3.8) is 0 Å². The molecular formula is C16H17N5. The number of hydrogen-bond acceptors (Lipinski definition) is 4. The molecule has 1 aliphatic rings. The third kappa shape index (κ3) is 1.96. The topological polar surface area (TPSA) is 55.1 Å². The van der Waals surface area contributed by atoms with E-state index < -0.39 is 0 Å². The lowest BCUT2D eigenvalue weighted by Gasteiger charge is -2.18. The Labute approximate surface area is 123 Å². The van der Waals surface area contributed by atoms with Crippen molar-refractivity contribution in [2.45, 2.75) is 26.7 Å². The van der Waals surface area contributed by atoms with E-state index >= 15 is 0 Å². The minimum Gasteiger partial charge on any atom is -0.385 e. The van der Waals surface area contributed by atoms with Gasteiger partial charge in [0, 0.05) is 29.6 Å². The Bertz CT molecular complexity index is 834. The highest BCUT2D eigenvalue weighted by atomic mass is 15.3. The van der Waals surface area contributed by atoms with E-state index in [1.807, 2.05) is 24.3 Å². The number of aryl methyl sites for hydroxylation is 3. The number of rotatable bonds is 1. The lowest BCUT2D eigenvalue weighted by atomic mass is 10.0. The Morgan fingerprint density at radius 3 is 2.95 bits per heavy atom. The summed E-state index contributed by atoms with van der Waals surface area (Å²) in [6, 6.07) is 8.43. The standard InChI is InChI=1S/C16H17N5/c1-10-8-15-19-20-16(21(15)11(2)18-10)13-5-6-14-12(9-13)4-3-7-17-14/h5-6,8-9,17H,3-4,7H2,1-2H3. The number of anilines is 1. The minimum absolute atomic E-state index is 0.853. The number of nitrogens with one attached hydrogen (secondary N) is 1. The predicted molar refractivity (Wildman–Crippen MR) is 82.5 cm³/mol. The van der Waals surface area contributed by atoms with Crippen LogP contribution in [0.3, 0.4) is 0 Å². The first kappa shape index (κ1) is 12.3. The van der Waals surface area contributed by atoms with Crippen molar-refractivity contribution in [3.8, 4) is 11.4 Å². The van der Waals surface area contributed by atoms with Crippen molar-refractivity contribution in [1.29, 1.82) is 0 Å². The van der Waals surface area contributed by atoms with Crippen LogP contribution in [0.4, 0.5) is 5.69 Å². The molecule has 2 aromatic heterocycles. The van der Waals surface area contributed by atoms with Crippen LogP contribution in [0.5, 0.6) is 0 Å². The largest absolute Gasteiger partial charge is 0.385 e. The second kappa shape index (κ2) is 4.55. The fourth-order valence-corrected chi connectivity index (χ4v) is 3.03. The summed E-state index contributed by atoms with van der Waals surface area (Å²) in [5, 5.41) is 12.1. The summed E-state index contributed by atoms with van der Waals surface area (Å²) in [5.41, 5.74) is 5.51. The Morgan fingerprint density at radius 1 is 1.14 bits per heavy atom. The maximum atomic E-state index is 4.52. The van der Waals surface area contributed by atoms with Crippen LogP contribution in [0.15, 0.2) is 24.3 Å². The van der Waals surface area contributed by atoms with Crippen molar-refractivity contribution in [2.75, 3.05) is 11.9 Å². The van der Waals surface area contributed by atoms with Gasteiger partial charge >= 0.3 is 0 Å². The average molecular weight is 279 g/mol. The first-order valence-electron chi connectivity index (χ1n) is 7.29. The summed E-state index contributed by atoms with van der Waals surface area (Å²) < 4.78 is 2.02. The minimum atomic E-state index is 0.853. The Kier molecular flexibility index (Phi) is 2.67. The second-order valence-electron chi connectivity index (χ2n) is 5.56. The molecule has 21 heavy (non-hydrogen) atoms. The van der Waals surface area contributed by atoms with Gasteiger partial charge in [-0.25, -0.2) is 4.98 Å². The van der Waals surface area contributed by atoms with E-state index in [4.69, 9.17) is 0 Å². The molecule has 0 radical (unpaired) electrons. The second-order valence-corrected chi connectivity index (χ2v) is 5.56. The van der Waals surface area contributed by atoms with Gasteiger partial charge in [-0.05, 0) is 50.5 Å². The Morgan fingerprint density at radius 2 is 2.05 bits per heavy atom. The van der Waals surface area contributed by atoms with Gasteiger partial charge in [-0.1, -0.05) is 0 Å². The zero-order valence-corrected chi connectivity index (χ0v) is 12.2. The van der Waals surface area contributed by atoms with Crippen molar-refractivity contribution >= 4 is 11.3 Å². The molecule has 1 N–H and O–H groups in total. The monoisotopic (exact) mass is 279 g/mol. The van der Waals surface area contributed by atoms with Crippen molar-refractivity contribution < 1.29 is 0 Å². The third-order valence-electron chi connectivity index (χ3n) is 3.99. The lowest BCUT2D eigenvalue weighted by molar-refractivity contribution is 0.830. The molecule has 0 bridgehead atoms. The van der Waals surface area contributed by atoms with Gasteiger partial charge in [-0.2, -0.15) is 0 Å². The van der Waals surface area contributed by atoms with E-state index in [9.17, 15) is 0 Å². The number of hydrogen-bond donors (Lipinski definition) is 1. The fraction of sp³-hybridized carbons (Fsp3) is 0.312. The molecule has 0 aliphatic carbocycles. The fourth-order valence-electron chi connectivity index (χ4n) is 3.03. The molecule has 0 atom stereocenters. The normalized spacial score (nSPS) is 14.0. The first-order chi connectivity index (χ1) is 10.2. The molecule has 1 aromatic carbocycles. The molecule has 0 saturated carbocycles. The number of fused-ring (bicyclic) bond motifs is 2. The Balaban J connectivity index is 1.90. The van der Waals surface area contributed by atoms with Crippen LogP contribution in [0.25, 0.3) is 17.0 Å². The van der Waals surface area contributed by atoms with E-state index in [0.717, 1.165) is 41.5 Å². The van der Waals surface area contributed by atoms with Crippen LogP contribution < -0.4 is 5.32 Å². The van der Waals surface area contributed by atoms with Crippen molar-refractivity contribution in [2.24, 2.45) is 0 Å². The van der Waals surface area contributed by atoms with Crippen molar-refractivity contribution in [3.05, 3.63) is 41.3 Å². The molecule has 0 saturated heterocycles. The van der Waals surface area contributed by atoms with Crippen LogP contribution in [0.1, 0.15) is 23.5 Å². The summed E-state index contributed by atoms with van der Waals surface area (Å²) >= 11 is 0. The van der Waals surface area contributed by atoms with E-state index in [1.165, 1.54) is 17.7 Å². The number of aromatic nitrogens is 4. The van der Waals surface area contributed by atoms with Gasteiger partial charge in [-0.3, -0.25) is 4.40 Å². The number of nitrogens with zero attached hydrogens (tertiary/aromatic N) is 4. The van der Waals surface area contributed by atoms with E-state index in [1.54, 1.807) is 0 Å². The smallest absolute Gasteiger partial charge is 0.169 e. The van der Waals surface area contributed by atoms with E-state index in [-0.39, 0.29) is 0 Å². The van der Waals surface area contributed by atoms with Gasteiger partial charge in [-0.15, -0.1) is 10.2 Å². The van der Waals surface area contributed by atoms with Gasteiger partial charge in [0.15, 0.2) is 11.5 Å². The van der Waals surface area contributed by atoms with E-state index in [0.29, 0.717) is 0 Å². The number of benzene rings is 1. The van der Waals surface area contributed by atoms with Gasteiger partial charge in [0.2, 0.25) is 0 Å². The predicted octanol–water partition coefficient (Wildman–Crippen LogP) is 2.77. The molecule has 1 aliphatic heterocycles. The molecule has 0 fully saturated rings. The molecular weight excluding hydrogens is 262 g/mol. The third-order valence-corrected chi connectivity index (χ3v) is 3.99. The molecule has 5 heteroatoms. The zero-order valence-electron chi connectivity index (χ0n) is 12.2. The van der Waals surface area contributed by atoms with Gasteiger partial charge < -0.3 is 5.32 Å². The molecule has 3 aromatic rings. The maximum absolute atomic E-state index is 4.52. The molecule has 5 nitrogen and oxygen atoms in total. The highest BCUT2D eigenvalue weighted by molar-refractivity contribution is 5.66. The summed E-state index contributed by atoms with van der Waals surface area (Å²) in [7, 11) is 0. The van der Waals surface area contributed by atoms with Crippen molar-refractivity contribution in [1.82, 2.24) is 19.6 Å². The first-order valence-corrected chi connectivity index (χ1v) is 7.29. The van der Waals surface area contributed by atoms with Gasteiger partial charge in [0.25, 0.3) is 0 Å². The van der Waals surface area contributed by atoms with Crippen LogP contribution in [-0.4, -0.2) is 26.1 Å². The van der Waals surface area contributed by atoms with Gasteiger partial charge in [0.05, 0.1) is 0 Å². The van der Waals surface area contributed by atoms with Crippen LogP contribution >= 0.6 is 0 Å². The highest BCUT2D eigenvalue weighted by Crippen LogP contribution is 2.28. The summed E-state index contributed by atoms with van der Waals surface area (Å²) in [5.74, 6) is 1.78. The molecule has 106 valence electrons. The Hall–Kier alpha value is -2.43. The van der Waals surface area contributed by atoms with Crippen LogP contribution in [0, 0.1) is 13.8 Å². The summed E-state index contributed by atoms with van der Waals surface area (Å²) in [6.07, 6.45) is 2.29. The van der Waals surface area contributed by atoms with E-state index in [2.05, 4.69) is 38.7 Å². The van der Waals surface area contributed by atoms with Gasteiger partial charge in [0.1, 0.15) is 5.82 Å². The lowest BCUT2D eigenvalue weighted by Crippen LogP contribution is -2.11. The van der Waals surface area contributed by atoms with Crippen LogP contribution in [0.2, 0.25) is 0 Å². The van der Waals surface area contributed by atoms with Crippen LogP contribution in [-0.2, 0) is 6.42 Å². The summed E-state index contributed by atoms with van der Waals surface area (Å²) in [6.45, 7) is 5.03. The average Bonchev–Trinajstić information content (AvgIpc) is 2.90. The molecule has 3 heterocycles. The molecule has 0 amide bonds. The zero-order chi connectivity index (χ0) is 14.4. The molecule has 0 unspecified atom stereocenters. The summed E-state index contributed by atoms with van der Waals surface area (Å²) in [4.78, 5) is 4.52. The molecule has 4 rings (SSSR count). The SMILES string of the molecule is Cc1cc2nnc(-c3ccc4c(c3)CCCN4)n2c(C)n1. The molecule has 0 spiro atoms. The quantitative estimate of drug-likeness (QED) is 0.744. The maximum Gasteiger partial charge on any atom is 0.169 e.